The van der Waals surface area contributed by atoms with Crippen LogP contribution in [0.5, 0.6) is 0 Å². The Morgan fingerprint density at radius 2 is 1.47 bits per heavy atom. The van der Waals surface area contributed by atoms with Crippen LogP contribution in [0.2, 0.25) is 0 Å². The standard InChI is InChI=1S/C18H21N/c1-2-18(14-13-16-9-5-3-6-10-16)19-15-17-11-7-4-8-12-17/h2-12,18-19H,1,13-15H2/t18-/m0/s1. The van der Waals surface area contributed by atoms with Crippen LogP contribution in [-0.4, -0.2) is 6.04 Å². The van der Waals surface area contributed by atoms with Crippen LogP contribution in [0.3, 0.4) is 0 Å². The van der Waals surface area contributed by atoms with Crippen molar-refractivity contribution in [3.05, 3.63) is 84.4 Å². The fraction of sp³-hybridized carbons (Fsp3) is 0.222. The van der Waals surface area contributed by atoms with Crippen LogP contribution in [-0.2, 0) is 13.0 Å². The fourth-order valence-electron chi connectivity index (χ4n) is 2.11. The molecular formula is C18H21N. The third kappa shape index (κ3) is 4.72. The van der Waals surface area contributed by atoms with Crippen molar-refractivity contribution in [1.82, 2.24) is 5.32 Å². The van der Waals surface area contributed by atoms with Crippen molar-refractivity contribution < 1.29 is 0 Å². The van der Waals surface area contributed by atoms with E-state index >= 15 is 0 Å². The van der Waals surface area contributed by atoms with Crippen LogP contribution in [0.15, 0.2) is 73.3 Å². The topological polar surface area (TPSA) is 12.0 Å². The largest absolute Gasteiger partial charge is 0.306 e. The average molecular weight is 251 g/mol. The Balaban J connectivity index is 1.79. The van der Waals surface area contributed by atoms with E-state index in [9.17, 15) is 0 Å². The smallest absolute Gasteiger partial charge is 0.0253 e. The van der Waals surface area contributed by atoms with Crippen LogP contribution >= 0.6 is 0 Å². The molecule has 2 aromatic rings. The molecule has 0 saturated heterocycles. The quantitative estimate of drug-likeness (QED) is 0.734. The Labute approximate surface area is 116 Å². The Kier molecular flexibility index (Phi) is 5.39. The van der Waals surface area contributed by atoms with Gasteiger partial charge in [0, 0.05) is 12.6 Å². The molecule has 0 bridgehead atoms. The predicted molar refractivity (Wildman–Crippen MR) is 82.0 cm³/mol. The molecule has 0 spiro atoms. The number of rotatable bonds is 7. The molecule has 0 aliphatic heterocycles. The third-order valence-corrected chi connectivity index (χ3v) is 3.28. The molecule has 1 N–H and O–H groups in total. The summed E-state index contributed by atoms with van der Waals surface area (Å²) < 4.78 is 0. The molecule has 2 rings (SSSR count). The first-order valence-corrected chi connectivity index (χ1v) is 6.82. The molecule has 0 radical (unpaired) electrons. The van der Waals surface area contributed by atoms with Crippen molar-refractivity contribution in [3.8, 4) is 0 Å². The summed E-state index contributed by atoms with van der Waals surface area (Å²) in [5.41, 5.74) is 2.70. The second-order valence-corrected chi connectivity index (χ2v) is 4.73. The van der Waals surface area contributed by atoms with Gasteiger partial charge in [-0.05, 0) is 24.0 Å². The Morgan fingerprint density at radius 3 is 2.05 bits per heavy atom. The Bertz CT molecular complexity index is 432. The summed E-state index contributed by atoms with van der Waals surface area (Å²) in [7, 11) is 0. The van der Waals surface area contributed by atoms with Crippen molar-refractivity contribution in [3.63, 3.8) is 0 Å². The van der Waals surface area contributed by atoms with Crippen molar-refractivity contribution >= 4 is 0 Å². The van der Waals surface area contributed by atoms with E-state index < -0.39 is 0 Å². The van der Waals surface area contributed by atoms with Gasteiger partial charge in [-0.15, -0.1) is 6.58 Å². The van der Waals surface area contributed by atoms with E-state index in [-0.39, 0.29) is 0 Å². The molecule has 0 saturated carbocycles. The number of hydrogen-bond acceptors (Lipinski definition) is 1. The van der Waals surface area contributed by atoms with E-state index in [4.69, 9.17) is 0 Å². The monoisotopic (exact) mass is 251 g/mol. The molecule has 0 heterocycles. The van der Waals surface area contributed by atoms with Crippen molar-refractivity contribution in [2.24, 2.45) is 0 Å². The van der Waals surface area contributed by atoms with Crippen molar-refractivity contribution in [2.45, 2.75) is 25.4 Å². The minimum atomic E-state index is 0.361. The molecule has 0 unspecified atom stereocenters. The maximum atomic E-state index is 3.92. The molecule has 0 aromatic heterocycles. The fourth-order valence-corrected chi connectivity index (χ4v) is 2.11. The molecule has 98 valence electrons. The van der Waals surface area contributed by atoms with Gasteiger partial charge in [0.25, 0.3) is 0 Å². The summed E-state index contributed by atoms with van der Waals surface area (Å²) in [6, 6.07) is 21.4. The van der Waals surface area contributed by atoms with Crippen molar-refractivity contribution in [1.29, 1.82) is 0 Å². The summed E-state index contributed by atoms with van der Waals surface area (Å²) in [6.45, 7) is 4.82. The van der Waals surface area contributed by atoms with E-state index in [0.717, 1.165) is 19.4 Å². The average Bonchev–Trinajstić information content (AvgIpc) is 2.49. The van der Waals surface area contributed by atoms with Gasteiger partial charge in [-0.1, -0.05) is 66.7 Å². The first-order valence-electron chi connectivity index (χ1n) is 6.82. The molecule has 1 heteroatoms. The minimum Gasteiger partial charge on any atom is -0.306 e. The lowest BCUT2D eigenvalue weighted by Gasteiger charge is -2.14. The number of nitrogens with one attached hydrogen (secondary N) is 1. The molecule has 19 heavy (non-hydrogen) atoms. The molecule has 0 aliphatic rings. The lowest BCUT2D eigenvalue weighted by atomic mass is 10.0. The van der Waals surface area contributed by atoms with E-state index in [2.05, 4.69) is 66.5 Å². The van der Waals surface area contributed by atoms with Gasteiger partial charge in [0.1, 0.15) is 0 Å². The van der Waals surface area contributed by atoms with E-state index in [1.54, 1.807) is 0 Å². The van der Waals surface area contributed by atoms with E-state index in [0.29, 0.717) is 6.04 Å². The normalized spacial score (nSPS) is 12.0. The van der Waals surface area contributed by atoms with Crippen LogP contribution in [0.25, 0.3) is 0 Å². The zero-order valence-electron chi connectivity index (χ0n) is 11.3. The van der Waals surface area contributed by atoms with E-state index in [1.807, 2.05) is 12.1 Å². The summed E-state index contributed by atoms with van der Waals surface area (Å²) in [4.78, 5) is 0. The Morgan fingerprint density at radius 1 is 0.895 bits per heavy atom. The summed E-state index contributed by atoms with van der Waals surface area (Å²) in [5.74, 6) is 0. The predicted octanol–water partition coefficient (Wildman–Crippen LogP) is 3.96. The van der Waals surface area contributed by atoms with Crippen LogP contribution in [0, 0.1) is 0 Å². The van der Waals surface area contributed by atoms with Crippen LogP contribution in [0.1, 0.15) is 17.5 Å². The summed E-state index contributed by atoms with van der Waals surface area (Å²) in [6.07, 6.45) is 4.17. The zero-order chi connectivity index (χ0) is 13.3. The zero-order valence-corrected chi connectivity index (χ0v) is 11.3. The maximum Gasteiger partial charge on any atom is 0.0253 e. The lowest BCUT2D eigenvalue weighted by Crippen LogP contribution is -2.26. The van der Waals surface area contributed by atoms with Gasteiger partial charge in [-0.25, -0.2) is 0 Å². The molecule has 1 nitrogen and oxygen atoms in total. The summed E-state index contributed by atoms with van der Waals surface area (Å²) in [5, 5.41) is 3.54. The highest BCUT2D eigenvalue weighted by Crippen LogP contribution is 2.06. The third-order valence-electron chi connectivity index (χ3n) is 3.28. The number of aryl methyl sites for hydroxylation is 1. The maximum absolute atomic E-state index is 3.92. The minimum absolute atomic E-state index is 0.361. The number of benzene rings is 2. The van der Waals surface area contributed by atoms with Gasteiger partial charge in [-0.2, -0.15) is 0 Å². The highest BCUT2D eigenvalue weighted by Gasteiger charge is 2.04. The molecule has 0 aliphatic carbocycles. The highest BCUT2D eigenvalue weighted by molar-refractivity contribution is 5.16. The van der Waals surface area contributed by atoms with Gasteiger partial charge in [0.2, 0.25) is 0 Å². The van der Waals surface area contributed by atoms with Gasteiger partial charge in [-0.3, -0.25) is 0 Å². The SMILES string of the molecule is C=C[C@@H](CCc1ccccc1)NCc1ccccc1. The van der Waals surface area contributed by atoms with Gasteiger partial charge < -0.3 is 5.32 Å². The second kappa shape index (κ2) is 7.55. The van der Waals surface area contributed by atoms with Gasteiger partial charge >= 0.3 is 0 Å². The number of hydrogen-bond donors (Lipinski definition) is 1. The van der Waals surface area contributed by atoms with Gasteiger partial charge in [0.15, 0.2) is 0 Å². The second-order valence-electron chi connectivity index (χ2n) is 4.73. The Hall–Kier alpha value is -1.86. The van der Waals surface area contributed by atoms with Gasteiger partial charge in [0.05, 0.1) is 0 Å². The molecular weight excluding hydrogens is 230 g/mol. The lowest BCUT2D eigenvalue weighted by molar-refractivity contribution is 0.556. The first-order chi connectivity index (χ1) is 9.38. The highest BCUT2D eigenvalue weighted by atomic mass is 14.9. The first kappa shape index (κ1) is 13.6. The van der Waals surface area contributed by atoms with Crippen molar-refractivity contribution in [2.75, 3.05) is 0 Å². The summed E-state index contributed by atoms with van der Waals surface area (Å²) >= 11 is 0. The molecule has 0 amide bonds. The molecule has 0 fully saturated rings. The van der Waals surface area contributed by atoms with E-state index in [1.165, 1.54) is 11.1 Å². The van der Waals surface area contributed by atoms with Crippen LogP contribution < -0.4 is 5.32 Å². The van der Waals surface area contributed by atoms with Crippen LogP contribution in [0.4, 0.5) is 0 Å². The molecule has 2 aromatic carbocycles. The molecule has 1 atom stereocenters.